The zero-order chi connectivity index (χ0) is 69.4. The molecule has 1 saturated heterocycles. The normalized spacial score (nSPS) is 19.3. The number of piperidine rings is 1. The van der Waals surface area contributed by atoms with Crippen LogP contribution in [0.2, 0.25) is 0 Å². The average molecular weight is 1360 g/mol. The SMILES string of the molecule is CC(C)(C)c1cc2c3c(c1)N(c1c(-c4ccccc4)cc(-c4ccccc4)cc1-c1ccccc1)c1cc4c(cc1B3c1ccccc1N2c1c(-c2ccccc2)cc(-c2ccccc2)cc1-c1ccccc1)B1c2ccccc2N(c2ccccc2)c2cc(N3C5CC6CC7CC3CC67C5)cc(c21)S4. The van der Waals surface area contributed by atoms with Gasteiger partial charge in [-0.1, -0.05) is 281 Å². The Morgan fingerprint density at radius 1 is 0.314 bits per heavy atom. The van der Waals surface area contributed by atoms with Crippen LogP contribution in [0.4, 0.5) is 56.9 Å². The van der Waals surface area contributed by atoms with Crippen molar-refractivity contribution in [3.63, 3.8) is 0 Å². The Hall–Kier alpha value is -11.2. The van der Waals surface area contributed by atoms with Crippen LogP contribution in [0.1, 0.15) is 58.4 Å². The molecule has 14 aromatic carbocycles. The minimum Gasteiger partial charge on any atom is -0.365 e. The number of nitrogens with zero attached hydrogens (tertiary/aromatic N) is 4. The third kappa shape index (κ3) is 9.29. The Balaban J connectivity index is 0.865. The molecule has 4 atom stereocenters. The summed E-state index contributed by atoms with van der Waals surface area (Å²) in [6, 6.07) is 124. The second-order valence-corrected chi connectivity index (χ2v) is 33.0. The molecule has 14 aromatic rings. The van der Waals surface area contributed by atoms with Crippen molar-refractivity contribution in [1.29, 1.82) is 0 Å². The first-order valence-corrected chi connectivity index (χ1v) is 38.8. The van der Waals surface area contributed by atoms with Crippen molar-refractivity contribution in [3.05, 3.63) is 327 Å². The van der Waals surface area contributed by atoms with E-state index in [1.807, 2.05) is 11.8 Å². The summed E-state index contributed by atoms with van der Waals surface area (Å²) < 4.78 is 0. The monoisotopic (exact) mass is 1360 g/mol. The lowest BCUT2D eigenvalue weighted by Crippen LogP contribution is -2.64. The van der Waals surface area contributed by atoms with Crippen molar-refractivity contribution in [3.8, 4) is 66.8 Å². The number of anilines is 10. The van der Waals surface area contributed by atoms with Crippen LogP contribution in [-0.4, -0.2) is 25.5 Å². The number of hydrogen-bond donors (Lipinski definition) is 0. The Bertz CT molecular complexity index is 5700. The minimum absolute atomic E-state index is 0.0517. The highest BCUT2D eigenvalue weighted by Crippen LogP contribution is 2.73. The lowest BCUT2D eigenvalue weighted by atomic mass is 9.31. The molecule has 5 aliphatic heterocycles. The van der Waals surface area contributed by atoms with Crippen molar-refractivity contribution in [2.24, 2.45) is 17.3 Å². The van der Waals surface area contributed by atoms with Gasteiger partial charge in [0.15, 0.2) is 0 Å². The highest BCUT2D eigenvalue weighted by atomic mass is 32.2. The lowest BCUT2D eigenvalue weighted by Gasteiger charge is -2.49. The van der Waals surface area contributed by atoms with Gasteiger partial charge in [-0.15, -0.1) is 0 Å². The standard InChI is InChI=1S/C98H76B2N4S/c1-97(2,3)70-54-88-93-89(55-70)104(96-79(66-37-19-8-20-38-66)49-69(63-31-13-5-14-32-63)50-80(96)67-39-21-9-22-40-67)87-59-91-84(100-81-43-25-27-45-85(81)102(73-41-23-10-24-42-73)90-56-74(57-92(105-91)94(90)100)101-75-52-71-51-72-53-76(101)61-98(71,72)60-75)58-83(87)99(93)82-44-26-28-46-86(82)103(88)95-77(64-33-15-6-16-34-64)47-68(62-29-11-4-12-30-62)48-78(95)65-35-17-7-18-36-65/h4-50,54-59,71-72,75-76H,51-53,60-61H2,1-3H3. The van der Waals surface area contributed by atoms with Gasteiger partial charge in [-0.2, -0.15) is 0 Å². The van der Waals surface area contributed by atoms with Crippen molar-refractivity contribution in [2.75, 3.05) is 19.6 Å². The molecule has 0 N–H and O–H groups in total. The highest BCUT2D eigenvalue weighted by molar-refractivity contribution is 8.00. The zero-order valence-corrected chi connectivity index (χ0v) is 60.1. The summed E-state index contributed by atoms with van der Waals surface area (Å²) in [6.45, 7) is 7.00. The van der Waals surface area contributed by atoms with Crippen LogP contribution < -0.4 is 52.4 Å². The van der Waals surface area contributed by atoms with Gasteiger partial charge in [0, 0.05) is 89.6 Å². The van der Waals surface area contributed by atoms with Crippen LogP contribution in [0.25, 0.3) is 66.8 Å². The van der Waals surface area contributed by atoms with Gasteiger partial charge in [-0.3, -0.25) is 0 Å². The van der Waals surface area contributed by atoms with E-state index in [1.165, 1.54) is 170 Å². The largest absolute Gasteiger partial charge is 0.365 e. The second-order valence-electron chi connectivity index (χ2n) is 31.9. The van der Waals surface area contributed by atoms with E-state index in [-0.39, 0.29) is 18.8 Å². The smallest absolute Gasteiger partial charge is 0.252 e. The van der Waals surface area contributed by atoms with E-state index in [0.29, 0.717) is 17.5 Å². The fourth-order valence-electron chi connectivity index (χ4n) is 21.0. The summed E-state index contributed by atoms with van der Waals surface area (Å²) in [5.74, 6) is 1.77. The third-order valence-corrected chi connectivity index (χ3v) is 26.6. The van der Waals surface area contributed by atoms with Crippen LogP contribution in [0, 0.1) is 17.3 Å². The van der Waals surface area contributed by atoms with Crippen molar-refractivity contribution >= 4 is 115 Å². The van der Waals surface area contributed by atoms with Crippen molar-refractivity contribution < 1.29 is 0 Å². The summed E-state index contributed by atoms with van der Waals surface area (Å²) in [7, 11) is 0. The summed E-state index contributed by atoms with van der Waals surface area (Å²) >= 11 is 2.03. The summed E-state index contributed by atoms with van der Waals surface area (Å²) in [5.41, 5.74) is 35.9. The maximum atomic E-state index is 2.97. The van der Waals surface area contributed by atoms with Gasteiger partial charge in [0.1, 0.15) is 0 Å². The van der Waals surface area contributed by atoms with Gasteiger partial charge in [0.05, 0.1) is 11.4 Å². The van der Waals surface area contributed by atoms with Crippen molar-refractivity contribution in [2.45, 2.75) is 80.2 Å². The predicted molar refractivity (Wildman–Crippen MR) is 444 cm³/mol. The summed E-state index contributed by atoms with van der Waals surface area (Å²) in [5, 5.41) is 0. The molecular formula is C98H76B2N4S. The molecule has 500 valence electrons. The minimum atomic E-state index is -0.293. The van der Waals surface area contributed by atoms with Crippen LogP contribution >= 0.6 is 11.8 Å². The fourth-order valence-corrected chi connectivity index (χ4v) is 22.2. The van der Waals surface area contributed by atoms with Gasteiger partial charge in [0.2, 0.25) is 6.71 Å². The Labute approximate surface area is 621 Å². The van der Waals surface area contributed by atoms with E-state index < -0.39 is 0 Å². The molecular weight excluding hydrogens is 1290 g/mol. The molecule has 4 nitrogen and oxygen atoms in total. The van der Waals surface area contributed by atoms with E-state index in [9.17, 15) is 0 Å². The molecule has 5 heterocycles. The first-order valence-electron chi connectivity index (χ1n) is 38.0. The molecule has 7 heteroatoms. The summed E-state index contributed by atoms with van der Waals surface area (Å²) in [6.07, 6.45) is 6.81. The molecule has 3 aliphatic carbocycles. The molecule has 3 bridgehead atoms. The van der Waals surface area contributed by atoms with Crippen LogP contribution in [0.5, 0.6) is 0 Å². The number of para-hydroxylation sites is 3. The van der Waals surface area contributed by atoms with E-state index in [0.717, 1.165) is 45.5 Å². The van der Waals surface area contributed by atoms with E-state index in [2.05, 4.69) is 362 Å². The number of rotatable bonds is 10. The second kappa shape index (κ2) is 23.4. The average Bonchev–Trinajstić information content (AvgIpc) is 1.17. The molecule has 4 fully saturated rings. The Morgan fingerprint density at radius 3 is 1.18 bits per heavy atom. The van der Waals surface area contributed by atoms with Crippen LogP contribution in [0.15, 0.2) is 331 Å². The fraction of sp³-hybridized carbons (Fsp3) is 0.143. The Morgan fingerprint density at radius 2 is 0.714 bits per heavy atom. The van der Waals surface area contributed by atoms with Gasteiger partial charge < -0.3 is 19.6 Å². The molecule has 22 rings (SSSR count). The van der Waals surface area contributed by atoms with E-state index in [1.54, 1.807) is 0 Å². The molecule has 0 radical (unpaired) electrons. The van der Waals surface area contributed by atoms with E-state index >= 15 is 0 Å². The summed E-state index contributed by atoms with van der Waals surface area (Å²) in [4.78, 5) is 13.8. The van der Waals surface area contributed by atoms with Gasteiger partial charge >= 0.3 is 0 Å². The first kappa shape index (κ1) is 61.3. The number of fused-ring (bicyclic) bond motifs is 10. The Kier molecular flexibility index (Phi) is 13.6. The molecule has 0 amide bonds. The molecule has 0 aromatic heterocycles. The maximum absolute atomic E-state index is 2.97. The zero-order valence-electron chi connectivity index (χ0n) is 59.3. The van der Waals surface area contributed by atoms with Crippen molar-refractivity contribution in [1.82, 2.24) is 0 Å². The molecule has 8 aliphatic rings. The maximum Gasteiger partial charge on any atom is 0.252 e. The van der Waals surface area contributed by atoms with Gasteiger partial charge in [0.25, 0.3) is 6.71 Å². The third-order valence-electron chi connectivity index (χ3n) is 25.5. The number of hydrogen-bond acceptors (Lipinski definition) is 5. The van der Waals surface area contributed by atoms with Crippen LogP contribution in [-0.2, 0) is 5.41 Å². The van der Waals surface area contributed by atoms with Gasteiger partial charge in [-0.25, -0.2) is 0 Å². The molecule has 105 heavy (non-hydrogen) atoms. The highest BCUT2D eigenvalue weighted by Gasteiger charge is 2.69. The molecule has 3 saturated carbocycles. The van der Waals surface area contributed by atoms with Gasteiger partial charge in [-0.05, 0) is 211 Å². The van der Waals surface area contributed by atoms with E-state index in [4.69, 9.17) is 0 Å². The van der Waals surface area contributed by atoms with Crippen LogP contribution in [0.3, 0.4) is 0 Å². The molecule has 4 unspecified atom stereocenters. The quantitative estimate of drug-likeness (QED) is 0.126. The first-order chi connectivity index (χ1) is 51.7. The predicted octanol–water partition coefficient (Wildman–Crippen LogP) is 21.6. The topological polar surface area (TPSA) is 13.0 Å². The lowest BCUT2D eigenvalue weighted by molar-refractivity contribution is 0.00223. The number of benzene rings is 14. The molecule has 1 spiro atoms.